The number of carbonyl (C=O) groups excluding carboxylic acids is 2. The third kappa shape index (κ3) is 4.49. The number of ether oxygens (including phenoxy) is 2. The molecule has 1 heterocycles. The van der Waals surface area contributed by atoms with Crippen molar-refractivity contribution in [3.8, 4) is 11.5 Å². The molecule has 1 aliphatic heterocycles. The van der Waals surface area contributed by atoms with E-state index in [1.165, 1.54) is 7.11 Å². The van der Waals surface area contributed by atoms with E-state index in [4.69, 9.17) is 9.47 Å². The molecular formula is C22H21NO6S. The minimum absolute atomic E-state index is 0.285. The predicted octanol–water partition coefficient (Wildman–Crippen LogP) is 4.49. The van der Waals surface area contributed by atoms with Crippen LogP contribution in [-0.2, 0) is 9.59 Å². The molecule has 0 bridgehead atoms. The molecule has 1 fully saturated rings. The number of carboxylic acids is 1. The minimum atomic E-state index is -1.06. The van der Waals surface area contributed by atoms with Gasteiger partial charge >= 0.3 is 5.97 Å². The second kappa shape index (κ2) is 9.04. The molecule has 2 amide bonds. The van der Waals surface area contributed by atoms with E-state index in [0.717, 1.165) is 22.2 Å². The Hall–Kier alpha value is -3.26. The van der Waals surface area contributed by atoms with E-state index in [1.807, 2.05) is 19.1 Å². The van der Waals surface area contributed by atoms with Crippen LogP contribution in [0.15, 0.2) is 47.4 Å². The molecule has 1 saturated heterocycles. The number of amides is 2. The maximum Gasteiger partial charge on any atom is 0.344 e. The molecule has 0 saturated carbocycles. The number of anilines is 1. The van der Waals surface area contributed by atoms with E-state index in [0.29, 0.717) is 23.4 Å². The summed E-state index contributed by atoms with van der Waals surface area (Å²) in [6, 6.07) is 12.0. The third-order valence-corrected chi connectivity index (χ3v) is 5.36. The Kier molecular flexibility index (Phi) is 6.47. The summed E-state index contributed by atoms with van der Waals surface area (Å²) in [5.41, 5.74) is 2.17. The second-order valence-electron chi connectivity index (χ2n) is 6.62. The highest BCUT2D eigenvalue weighted by molar-refractivity contribution is 8.19. The van der Waals surface area contributed by atoms with Gasteiger partial charge in [0, 0.05) is 0 Å². The summed E-state index contributed by atoms with van der Waals surface area (Å²) >= 11 is 0.860. The van der Waals surface area contributed by atoms with Crippen LogP contribution in [0.3, 0.4) is 0 Å². The van der Waals surface area contributed by atoms with Crippen molar-refractivity contribution in [1.29, 1.82) is 0 Å². The highest BCUT2D eigenvalue weighted by atomic mass is 32.2. The number of rotatable bonds is 7. The first kappa shape index (κ1) is 21.4. The highest BCUT2D eigenvalue weighted by Crippen LogP contribution is 2.37. The average Bonchev–Trinajstić information content (AvgIpc) is 3.00. The first-order chi connectivity index (χ1) is 14.3. The zero-order valence-electron chi connectivity index (χ0n) is 16.7. The van der Waals surface area contributed by atoms with Gasteiger partial charge in [0.1, 0.15) is 0 Å². The Morgan fingerprint density at radius 1 is 1.17 bits per heavy atom. The molecule has 0 aromatic heterocycles. The van der Waals surface area contributed by atoms with Gasteiger partial charge in [-0.15, -0.1) is 0 Å². The van der Waals surface area contributed by atoms with Crippen LogP contribution in [0, 0.1) is 6.92 Å². The van der Waals surface area contributed by atoms with Gasteiger partial charge in [0.25, 0.3) is 11.1 Å². The Morgan fingerprint density at radius 3 is 2.47 bits per heavy atom. The number of carbonyl (C=O) groups is 3. The van der Waals surface area contributed by atoms with Gasteiger partial charge in [-0.05, 0) is 61.0 Å². The molecule has 1 aliphatic rings. The van der Waals surface area contributed by atoms with Crippen LogP contribution >= 0.6 is 11.8 Å². The first-order valence-electron chi connectivity index (χ1n) is 9.26. The van der Waals surface area contributed by atoms with Gasteiger partial charge < -0.3 is 14.6 Å². The third-order valence-electron chi connectivity index (χ3n) is 4.49. The summed E-state index contributed by atoms with van der Waals surface area (Å²) in [5, 5.41) is 8.81. The molecule has 1 unspecified atom stereocenters. The predicted molar refractivity (Wildman–Crippen MR) is 115 cm³/mol. The summed E-state index contributed by atoms with van der Waals surface area (Å²) in [6.45, 7) is 3.64. The fourth-order valence-corrected chi connectivity index (χ4v) is 3.71. The molecule has 3 rings (SSSR count). The summed E-state index contributed by atoms with van der Waals surface area (Å²) in [6.07, 6.45) is 0.905. The Morgan fingerprint density at radius 2 is 1.87 bits per heavy atom. The summed E-state index contributed by atoms with van der Waals surface area (Å²) < 4.78 is 10.8. The van der Waals surface area contributed by atoms with Crippen molar-refractivity contribution in [2.45, 2.75) is 26.4 Å². The normalized spacial score (nSPS) is 16.1. The van der Waals surface area contributed by atoms with Gasteiger partial charge in [0.15, 0.2) is 17.6 Å². The zero-order valence-corrected chi connectivity index (χ0v) is 17.6. The number of methoxy groups -OCH3 is 1. The van der Waals surface area contributed by atoms with Gasteiger partial charge in [-0.1, -0.05) is 30.7 Å². The summed E-state index contributed by atoms with van der Waals surface area (Å²) in [7, 11) is 1.44. The van der Waals surface area contributed by atoms with Crippen LogP contribution < -0.4 is 14.4 Å². The number of nitrogens with zero attached hydrogens (tertiary/aromatic N) is 1. The maximum atomic E-state index is 12.8. The van der Waals surface area contributed by atoms with Crippen LogP contribution in [0.5, 0.6) is 11.5 Å². The number of thioether (sulfide) groups is 1. The SMILES string of the molecule is CCC(Oc1ccc(/C=C2/SC(=O)N(c3ccc(C)cc3)C2=O)cc1OC)C(=O)O. The van der Waals surface area contributed by atoms with Crippen LogP contribution in [0.25, 0.3) is 6.08 Å². The van der Waals surface area contributed by atoms with E-state index in [9.17, 15) is 19.5 Å². The van der Waals surface area contributed by atoms with Crippen molar-refractivity contribution >= 4 is 40.6 Å². The monoisotopic (exact) mass is 427 g/mol. The maximum absolute atomic E-state index is 12.8. The van der Waals surface area contributed by atoms with Crippen molar-refractivity contribution in [1.82, 2.24) is 0 Å². The number of hydrogen-bond donors (Lipinski definition) is 1. The molecular weight excluding hydrogens is 406 g/mol. The fourth-order valence-electron chi connectivity index (χ4n) is 2.87. The van der Waals surface area contributed by atoms with Crippen molar-refractivity contribution in [2.75, 3.05) is 12.0 Å². The van der Waals surface area contributed by atoms with Crippen LogP contribution in [-0.4, -0.2) is 35.4 Å². The van der Waals surface area contributed by atoms with Crippen LogP contribution in [0.4, 0.5) is 10.5 Å². The molecule has 2 aromatic rings. The lowest BCUT2D eigenvalue weighted by Crippen LogP contribution is -2.27. The lowest BCUT2D eigenvalue weighted by atomic mass is 10.1. The standard InChI is InChI=1S/C22H21NO6S/c1-4-16(21(25)26)29-17-10-7-14(11-18(17)28-3)12-19-20(24)23(22(27)30-19)15-8-5-13(2)6-9-15/h5-12,16H,4H2,1-3H3,(H,25,26)/b19-12+. The van der Waals surface area contributed by atoms with Gasteiger partial charge in [-0.25, -0.2) is 9.69 Å². The van der Waals surface area contributed by atoms with Crippen molar-refractivity contribution in [2.24, 2.45) is 0 Å². The Bertz CT molecular complexity index is 1010. The second-order valence-corrected chi connectivity index (χ2v) is 7.61. The summed E-state index contributed by atoms with van der Waals surface area (Å²) in [4.78, 5) is 37.8. The number of hydrogen-bond acceptors (Lipinski definition) is 6. The van der Waals surface area contributed by atoms with Crippen LogP contribution in [0.2, 0.25) is 0 Å². The number of benzene rings is 2. The largest absolute Gasteiger partial charge is 0.493 e. The average molecular weight is 427 g/mol. The molecule has 0 spiro atoms. The van der Waals surface area contributed by atoms with Crippen molar-refractivity contribution < 1.29 is 29.0 Å². The molecule has 156 valence electrons. The first-order valence-corrected chi connectivity index (χ1v) is 10.1. The topological polar surface area (TPSA) is 93.1 Å². The van der Waals surface area contributed by atoms with Crippen molar-refractivity contribution in [3.63, 3.8) is 0 Å². The van der Waals surface area contributed by atoms with Crippen LogP contribution in [0.1, 0.15) is 24.5 Å². The van der Waals surface area contributed by atoms with E-state index in [2.05, 4.69) is 0 Å². The minimum Gasteiger partial charge on any atom is -0.493 e. The van der Waals surface area contributed by atoms with Gasteiger partial charge in [0.05, 0.1) is 17.7 Å². The lowest BCUT2D eigenvalue weighted by molar-refractivity contribution is -0.145. The molecule has 7 nitrogen and oxygen atoms in total. The van der Waals surface area contributed by atoms with E-state index in [-0.39, 0.29) is 15.9 Å². The number of aryl methyl sites for hydroxylation is 1. The molecule has 8 heteroatoms. The van der Waals surface area contributed by atoms with E-state index in [1.54, 1.807) is 43.3 Å². The zero-order chi connectivity index (χ0) is 21.8. The number of imide groups is 1. The van der Waals surface area contributed by atoms with Crippen molar-refractivity contribution in [3.05, 3.63) is 58.5 Å². The Balaban J connectivity index is 1.86. The molecule has 0 aliphatic carbocycles. The molecule has 1 N–H and O–H groups in total. The van der Waals surface area contributed by atoms with Gasteiger partial charge in [-0.3, -0.25) is 9.59 Å². The molecule has 2 aromatic carbocycles. The smallest absolute Gasteiger partial charge is 0.344 e. The molecule has 0 radical (unpaired) electrons. The Labute approximate surface area is 178 Å². The molecule has 30 heavy (non-hydrogen) atoms. The fraction of sp³-hybridized carbons (Fsp3) is 0.227. The van der Waals surface area contributed by atoms with E-state index >= 15 is 0 Å². The number of aliphatic carboxylic acids is 1. The quantitative estimate of drug-likeness (QED) is 0.651. The molecule has 1 atom stereocenters. The highest BCUT2D eigenvalue weighted by Gasteiger charge is 2.36. The lowest BCUT2D eigenvalue weighted by Gasteiger charge is -2.16. The van der Waals surface area contributed by atoms with E-state index < -0.39 is 18.0 Å². The summed E-state index contributed by atoms with van der Waals surface area (Å²) in [5.74, 6) is -0.837. The van der Waals surface area contributed by atoms with Gasteiger partial charge in [-0.2, -0.15) is 0 Å². The van der Waals surface area contributed by atoms with Gasteiger partial charge in [0.2, 0.25) is 0 Å². The number of carboxylic acid groups (broad SMARTS) is 1.